The first-order valence-corrected chi connectivity index (χ1v) is 7.72. The smallest absolute Gasteiger partial charge is 0.123 e. The van der Waals surface area contributed by atoms with E-state index in [4.69, 9.17) is 0 Å². The molecule has 0 saturated heterocycles. The van der Waals surface area contributed by atoms with Crippen LogP contribution in [0.1, 0.15) is 22.7 Å². The zero-order valence-electron chi connectivity index (χ0n) is 10.3. The molecule has 2 aromatic rings. The first-order valence-electron chi connectivity index (χ1n) is 5.76. The third-order valence-electron chi connectivity index (χ3n) is 3.07. The predicted octanol–water partition coefficient (Wildman–Crippen LogP) is 4.30. The molecule has 0 aliphatic heterocycles. The molecule has 96 valence electrons. The number of nitrogens with one attached hydrogen (secondary N) is 1. The molecular weight excluding hydrogens is 360 g/mol. The Labute approximate surface area is 125 Å². The lowest BCUT2D eigenvalue weighted by atomic mass is 9.98. The molecule has 0 amide bonds. The van der Waals surface area contributed by atoms with Gasteiger partial charge in [-0.05, 0) is 83.3 Å². The van der Waals surface area contributed by atoms with Crippen molar-refractivity contribution in [1.82, 2.24) is 5.32 Å². The Kier molecular flexibility index (Phi) is 4.75. The third kappa shape index (κ3) is 3.30. The molecule has 0 aliphatic carbocycles. The molecule has 4 heteroatoms. The summed E-state index contributed by atoms with van der Waals surface area (Å²) in [5, 5.41) is 5.51. The zero-order chi connectivity index (χ0) is 13.1. The van der Waals surface area contributed by atoms with E-state index in [-0.39, 0.29) is 11.9 Å². The molecule has 1 atom stereocenters. The van der Waals surface area contributed by atoms with Crippen LogP contribution >= 0.6 is 33.9 Å². The fraction of sp³-hybridized carbons (Fsp3) is 0.286. The van der Waals surface area contributed by atoms with Gasteiger partial charge in [-0.1, -0.05) is 6.07 Å². The van der Waals surface area contributed by atoms with Gasteiger partial charge in [0.05, 0.1) is 2.88 Å². The number of aryl methyl sites for hydroxylation is 1. The fourth-order valence-electron chi connectivity index (χ4n) is 2.00. The van der Waals surface area contributed by atoms with E-state index in [9.17, 15) is 4.39 Å². The highest BCUT2D eigenvalue weighted by atomic mass is 127. The lowest BCUT2D eigenvalue weighted by molar-refractivity contribution is 0.588. The van der Waals surface area contributed by atoms with Gasteiger partial charge in [-0.3, -0.25) is 0 Å². The van der Waals surface area contributed by atoms with Crippen molar-refractivity contribution in [3.8, 4) is 0 Å². The maximum Gasteiger partial charge on any atom is 0.123 e. The Balaban J connectivity index is 2.20. The van der Waals surface area contributed by atoms with Gasteiger partial charge in [0.15, 0.2) is 0 Å². The van der Waals surface area contributed by atoms with Gasteiger partial charge >= 0.3 is 0 Å². The maximum atomic E-state index is 13.1. The third-order valence-corrected chi connectivity index (χ3v) is 4.87. The molecule has 1 heterocycles. The zero-order valence-corrected chi connectivity index (χ0v) is 13.3. The second kappa shape index (κ2) is 6.12. The van der Waals surface area contributed by atoms with Gasteiger partial charge in [0, 0.05) is 6.04 Å². The first-order chi connectivity index (χ1) is 8.60. The number of hydrogen-bond donors (Lipinski definition) is 1. The van der Waals surface area contributed by atoms with Crippen molar-refractivity contribution >= 4 is 33.9 Å². The molecule has 0 spiro atoms. The molecule has 18 heavy (non-hydrogen) atoms. The highest BCUT2D eigenvalue weighted by Gasteiger charge is 2.13. The minimum atomic E-state index is -0.165. The van der Waals surface area contributed by atoms with Crippen LogP contribution in [0.5, 0.6) is 0 Å². The number of halogens is 2. The Bertz CT molecular complexity index is 538. The van der Waals surface area contributed by atoms with Crippen molar-refractivity contribution in [2.45, 2.75) is 19.4 Å². The highest BCUT2D eigenvalue weighted by molar-refractivity contribution is 14.1. The second-order valence-corrected chi connectivity index (χ2v) is 7.11. The van der Waals surface area contributed by atoms with Crippen LogP contribution in [0.4, 0.5) is 4.39 Å². The number of hydrogen-bond acceptors (Lipinski definition) is 2. The summed E-state index contributed by atoms with van der Waals surface area (Å²) in [7, 11) is 1.97. The molecule has 1 unspecified atom stereocenters. The van der Waals surface area contributed by atoms with Crippen molar-refractivity contribution in [2.24, 2.45) is 0 Å². The van der Waals surface area contributed by atoms with Crippen molar-refractivity contribution < 1.29 is 4.39 Å². The monoisotopic (exact) mass is 375 g/mol. The van der Waals surface area contributed by atoms with Gasteiger partial charge in [0.1, 0.15) is 5.82 Å². The Morgan fingerprint density at radius 1 is 1.39 bits per heavy atom. The minimum absolute atomic E-state index is 0.165. The van der Waals surface area contributed by atoms with E-state index in [1.165, 1.54) is 20.1 Å². The van der Waals surface area contributed by atoms with Crippen LogP contribution in [0.15, 0.2) is 29.6 Å². The second-order valence-electron chi connectivity index (χ2n) is 4.30. The van der Waals surface area contributed by atoms with Gasteiger partial charge in [-0.25, -0.2) is 4.39 Å². The lowest BCUT2D eigenvalue weighted by Gasteiger charge is -2.16. The summed E-state index contributed by atoms with van der Waals surface area (Å²) in [6.45, 7) is 1.96. The van der Waals surface area contributed by atoms with Crippen LogP contribution in [0.2, 0.25) is 0 Å². The van der Waals surface area contributed by atoms with E-state index in [0.717, 1.165) is 12.0 Å². The van der Waals surface area contributed by atoms with Gasteiger partial charge in [-0.15, -0.1) is 11.3 Å². The number of thiophene rings is 1. The maximum absolute atomic E-state index is 13.1. The summed E-state index contributed by atoms with van der Waals surface area (Å²) >= 11 is 4.09. The lowest BCUT2D eigenvalue weighted by Crippen LogP contribution is -2.18. The van der Waals surface area contributed by atoms with Crippen LogP contribution in [0.3, 0.4) is 0 Å². The van der Waals surface area contributed by atoms with E-state index in [0.29, 0.717) is 0 Å². The predicted molar refractivity (Wildman–Crippen MR) is 83.7 cm³/mol. The molecule has 1 N–H and O–H groups in total. The highest BCUT2D eigenvalue weighted by Crippen LogP contribution is 2.25. The van der Waals surface area contributed by atoms with Crippen LogP contribution in [-0.4, -0.2) is 7.05 Å². The normalized spacial score (nSPS) is 12.7. The summed E-state index contributed by atoms with van der Waals surface area (Å²) in [4.78, 5) is 0. The average Bonchev–Trinajstić information content (AvgIpc) is 2.75. The molecule has 0 radical (unpaired) electrons. The fourth-order valence-corrected chi connectivity index (χ4v) is 3.43. The van der Waals surface area contributed by atoms with Crippen molar-refractivity contribution in [3.63, 3.8) is 0 Å². The molecule has 1 nitrogen and oxygen atoms in total. The average molecular weight is 375 g/mol. The van der Waals surface area contributed by atoms with Gasteiger partial charge < -0.3 is 5.32 Å². The van der Waals surface area contributed by atoms with Crippen LogP contribution in [-0.2, 0) is 6.42 Å². The minimum Gasteiger partial charge on any atom is -0.313 e. The summed E-state index contributed by atoms with van der Waals surface area (Å²) in [5.41, 5.74) is 3.51. The summed E-state index contributed by atoms with van der Waals surface area (Å²) in [5.74, 6) is -0.165. The Morgan fingerprint density at radius 2 is 2.17 bits per heavy atom. The Morgan fingerprint density at radius 3 is 2.72 bits per heavy atom. The molecule has 2 rings (SSSR count). The van der Waals surface area contributed by atoms with E-state index in [1.807, 2.05) is 20.0 Å². The molecule has 0 fully saturated rings. The number of benzene rings is 1. The van der Waals surface area contributed by atoms with E-state index < -0.39 is 0 Å². The SMILES string of the molecule is CNC(Cc1ccc(F)cc1C)c1csc(I)c1. The van der Waals surface area contributed by atoms with Crippen LogP contribution < -0.4 is 5.32 Å². The van der Waals surface area contributed by atoms with Crippen molar-refractivity contribution in [1.29, 1.82) is 0 Å². The topological polar surface area (TPSA) is 12.0 Å². The quantitative estimate of drug-likeness (QED) is 0.786. The number of likely N-dealkylation sites (N-methyl/N-ethyl adjacent to an activating group) is 1. The van der Waals surface area contributed by atoms with Crippen molar-refractivity contribution in [2.75, 3.05) is 7.05 Å². The van der Waals surface area contributed by atoms with E-state index in [2.05, 4.69) is 39.4 Å². The van der Waals surface area contributed by atoms with Gasteiger partial charge in [0.25, 0.3) is 0 Å². The standard InChI is InChI=1S/C14H15FINS/c1-9-5-12(15)4-3-10(9)6-13(17-2)11-7-14(16)18-8-11/h3-5,7-8,13,17H,6H2,1-2H3. The molecule has 1 aromatic carbocycles. The summed E-state index contributed by atoms with van der Waals surface area (Å²) < 4.78 is 14.4. The Hall–Kier alpha value is -0.460. The number of rotatable bonds is 4. The molecule has 1 aromatic heterocycles. The summed E-state index contributed by atoms with van der Waals surface area (Å²) in [6.07, 6.45) is 0.884. The van der Waals surface area contributed by atoms with Gasteiger partial charge in [0.2, 0.25) is 0 Å². The van der Waals surface area contributed by atoms with Crippen molar-refractivity contribution in [3.05, 3.63) is 55.0 Å². The largest absolute Gasteiger partial charge is 0.313 e. The van der Waals surface area contributed by atoms with E-state index in [1.54, 1.807) is 17.4 Å². The van der Waals surface area contributed by atoms with E-state index >= 15 is 0 Å². The van der Waals surface area contributed by atoms with Crippen LogP contribution in [0, 0.1) is 15.6 Å². The molecule has 0 aliphatic rings. The first kappa shape index (κ1) is 14.0. The van der Waals surface area contributed by atoms with Gasteiger partial charge in [-0.2, -0.15) is 0 Å². The van der Waals surface area contributed by atoms with Crippen LogP contribution in [0.25, 0.3) is 0 Å². The molecular formula is C14H15FINS. The molecule has 0 saturated carbocycles. The summed E-state index contributed by atoms with van der Waals surface area (Å²) in [6, 6.07) is 7.50. The molecule has 0 bridgehead atoms.